The maximum atomic E-state index is 12.8. The number of fused-ring (bicyclic) bond motifs is 1. The van der Waals surface area contributed by atoms with Crippen LogP contribution in [-0.4, -0.2) is 6.29 Å². The van der Waals surface area contributed by atoms with Crippen molar-refractivity contribution in [1.82, 2.24) is 0 Å². The number of carbonyl (C=O) groups is 1. The van der Waals surface area contributed by atoms with Gasteiger partial charge in [-0.15, -0.1) is 11.3 Å². The van der Waals surface area contributed by atoms with Gasteiger partial charge in [0.25, 0.3) is 0 Å². The van der Waals surface area contributed by atoms with Gasteiger partial charge in [-0.2, -0.15) is 4.39 Å². The molecule has 1 aromatic carbocycles. The first-order valence-electron chi connectivity index (χ1n) is 3.65. The Balaban J connectivity index is 2.85. The molecule has 0 aliphatic heterocycles. The predicted octanol–water partition coefficient (Wildman–Crippen LogP) is 2.44. The number of nitrogens with two attached hydrogens (primary N) is 1. The number of hydrogen-bond acceptors (Lipinski definition) is 3. The van der Waals surface area contributed by atoms with Gasteiger partial charge < -0.3 is 5.73 Å². The molecule has 0 bridgehead atoms. The lowest BCUT2D eigenvalue weighted by molar-refractivity contribution is 0.112. The quantitative estimate of drug-likeness (QED) is 0.561. The highest BCUT2D eigenvalue weighted by molar-refractivity contribution is 7.18. The molecule has 1 aromatic heterocycles. The molecule has 2 N–H and O–H groups in total. The number of anilines is 1. The topological polar surface area (TPSA) is 43.1 Å². The van der Waals surface area contributed by atoms with Gasteiger partial charge in [0.2, 0.25) is 0 Å². The largest absolute Gasteiger partial charge is 0.397 e. The minimum Gasteiger partial charge on any atom is -0.397 e. The Labute approximate surface area is 77.8 Å². The molecule has 0 fully saturated rings. The van der Waals surface area contributed by atoms with Crippen molar-refractivity contribution in [3.8, 4) is 0 Å². The summed E-state index contributed by atoms with van der Waals surface area (Å²) >= 11 is 0.958. The fourth-order valence-electron chi connectivity index (χ4n) is 1.21. The second-order valence-electron chi connectivity index (χ2n) is 2.66. The third kappa shape index (κ3) is 1.19. The zero-order chi connectivity index (χ0) is 9.42. The fraction of sp³-hybridized carbons (Fsp3) is 0. The van der Waals surface area contributed by atoms with E-state index in [2.05, 4.69) is 0 Å². The highest BCUT2D eigenvalue weighted by atomic mass is 32.1. The number of rotatable bonds is 1. The van der Waals surface area contributed by atoms with E-state index in [1.54, 1.807) is 12.1 Å². The second-order valence-corrected chi connectivity index (χ2v) is 3.66. The standard InChI is InChI=1S/C9H6FNOS/c10-7-3-5-1-2-6(4-12)8(11)9(5)13-7/h1-4H,11H2. The Kier molecular flexibility index (Phi) is 1.77. The van der Waals surface area contributed by atoms with Crippen molar-refractivity contribution in [2.24, 2.45) is 0 Å². The number of aldehydes is 1. The molecule has 0 aliphatic rings. The van der Waals surface area contributed by atoms with Gasteiger partial charge in [0.05, 0.1) is 10.4 Å². The van der Waals surface area contributed by atoms with Crippen molar-refractivity contribution in [2.75, 3.05) is 5.73 Å². The van der Waals surface area contributed by atoms with Crippen LogP contribution in [0.5, 0.6) is 0 Å². The van der Waals surface area contributed by atoms with Crippen LogP contribution in [0.2, 0.25) is 0 Å². The van der Waals surface area contributed by atoms with E-state index in [0.717, 1.165) is 16.7 Å². The highest BCUT2D eigenvalue weighted by Crippen LogP contribution is 2.31. The molecule has 2 nitrogen and oxygen atoms in total. The summed E-state index contributed by atoms with van der Waals surface area (Å²) in [6.07, 6.45) is 0.673. The first-order chi connectivity index (χ1) is 6.22. The molecule has 66 valence electrons. The van der Waals surface area contributed by atoms with E-state index < -0.39 is 0 Å². The van der Waals surface area contributed by atoms with Gasteiger partial charge >= 0.3 is 0 Å². The van der Waals surface area contributed by atoms with Gasteiger partial charge in [0.15, 0.2) is 11.4 Å². The van der Waals surface area contributed by atoms with E-state index in [1.807, 2.05) is 0 Å². The third-order valence-corrected chi connectivity index (χ3v) is 2.83. The molecular formula is C9H6FNOS. The van der Waals surface area contributed by atoms with Gasteiger partial charge in [-0.3, -0.25) is 4.79 Å². The van der Waals surface area contributed by atoms with Crippen LogP contribution in [0.3, 0.4) is 0 Å². The number of carbonyl (C=O) groups excluding carboxylic acids is 1. The molecule has 0 unspecified atom stereocenters. The summed E-state index contributed by atoms with van der Waals surface area (Å²) in [5.74, 6) is 0. The molecule has 13 heavy (non-hydrogen) atoms. The van der Waals surface area contributed by atoms with E-state index in [0.29, 0.717) is 22.2 Å². The van der Waals surface area contributed by atoms with Crippen LogP contribution in [-0.2, 0) is 0 Å². The molecule has 0 spiro atoms. The molecule has 1 heterocycles. The zero-order valence-electron chi connectivity index (χ0n) is 6.58. The number of halogens is 1. The van der Waals surface area contributed by atoms with Crippen molar-refractivity contribution >= 4 is 33.4 Å². The van der Waals surface area contributed by atoms with Crippen molar-refractivity contribution in [1.29, 1.82) is 0 Å². The minimum atomic E-state index is -0.287. The maximum Gasteiger partial charge on any atom is 0.177 e. The first kappa shape index (κ1) is 8.19. The average molecular weight is 195 g/mol. The Hall–Kier alpha value is -1.42. The summed E-state index contributed by atoms with van der Waals surface area (Å²) in [4.78, 5) is 10.5. The predicted molar refractivity (Wildman–Crippen MR) is 51.6 cm³/mol. The van der Waals surface area contributed by atoms with Crippen molar-refractivity contribution in [3.63, 3.8) is 0 Å². The van der Waals surface area contributed by atoms with E-state index >= 15 is 0 Å². The molecule has 0 atom stereocenters. The Morgan fingerprint density at radius 1 is 1.46 bits per heavy atom. The van der Waals surface area contributed by atoms with Gasteiger partial charge in [-0.05, 0) is 17.5 Å². The van der Waals surface area contributed by atoms with Crippen LogP contribution in [0, 0.1) is 5.13 Å². The molecule has 0 saturated carbocycles. The van der Waals surface area contributed by atoms with E-state index in [1.165, 1.54) is 6.07 Å². The molecule has 4 heteroatoms. The van der Waals surface area contributed by atoms with Crippen molar-refractivity contribution in [3.05, 3.63) is 28.9 Å². The third-order valence-electron chi connectivity index (χ3n) is 1.86. The van der Waals surface area contributed by atoms with Crippen LogP contribution >= 0.6 is 11.3 Å². The Morgan fingerprint density at radius 3 is 2.92 bits per heavy atom. The summed E-state index contributed by atoms with van der Waals surface area (Å²) in [6.45, 7) is 0. The lowest BCUT2D eigenvalue weighted by atomic mass is 10.1. The summed E-state index contributed by atoms with van der Waals surface area (Å²) in [7, 11) is 0. The maximum absolute atomic E-state index is 12.8. The van der Waals surface area contributed by atoms with Crippen LogP contribution < -0.4 is 5.73 Å². The Bertz CT molecular complexity index is 478. The van der Waals surface area contributed by atoms with Crippen LogP contribution in [0.25, 0.3) is 10.1 Å². The monoisotopic (exact) mass is 195 g/mol. The molecule has 0 amide bonds. The number of benzene rings is 1. The smallest absolute Gasteiger partial charge is 0.177 e. The highest BCUT2D eigenvalue weighted by Gasteiger charge is 2.07. The molecule has 2 aromatic rings. The molecular weight excluding hydrogens is 189 g/mol. The SMILES string of the molecule is Nc1c(C=O)ccc2cc(F)sc12. The fourth-order valence-corrected chi connectivity index (χ4v) is 2.06. The lowest BCUT2D eigenvalue weighted by Crippen LogP contribution is -1.91. The van der Waals surface area contributed by atoms with Gasteiger partial charge in [0.1, 0.15) is 0 Å². The number of nitrogen functional groups attached to an aromatic ring is 1. The molecule has 0 radical (unpaired) electrons. The van der Waals surface area contributed by atoms with Crippen LogP contribution in [0.1, 0.15) is 10.4 Å². The molecule has 2 rings (SSSR count). The average Bonchev–Trinajstić information content (AvgIpc) is 2.47. The summed E-state index contributed by atoms with van der Waals surface area (Å²) in [5.41, 5.74) is 6.43. The van der Waals surface area contributed by atoms with E-state index in [9.17, 15) is 9.18 Å². The summed E-state index contributed by atoms with van der Waals surface area (Å²) in [6, 6.07) is 4.69. The summed E-state index contributed by atoms with van der Waals surface area (Å²) < 4.78 is 13.5. The van der Waals surface area contributed by atoms with Crippen molar-refractivity contribution in [2.45, 2.75) is 0 Å². The lowest BCUT2D eigenvalue weighted by Gasteiger charge is -1.98. The second kappa shape index (κ2) is 2.81. The summed E-state index contributed by atoms with van der Waals surface area (Å²) in [5, 5.41) is 0.454. The molecule has 0 aliphatic carbocycles. The molecule has 0 saturated heterocycles. The van der Waals surface area contributed by atoms with Gasteiger partial charge in [-0.25, -0.2) is 0 Å². The van der Waals surface area contributed by atoms with Crippen LogP contribution in [0.4, 0.5) is 10.1 Å². The number of thiophene rings is 1. The Morgan fingerprint density at radius 2 is 2.23 bits per heavy atom. The van der Waals surface area contributed by atoms with Crippen molar-refractivity contribution < 1.29 is 9.18 Å². The van der Waals surface area contributed by atoms with E-state index in [-0.39, 0.29) is 5.13 Å². The van der Waals surface area contributed by atoms with Gasteiger partial charge in [-0.1, -0.05) is 6.07 Å². The number of hydrogen-bond donors (Lipinski definition) is 1. The normalized spacial score (nSPS) is 10.5. The first-order valence-corrected chi connectivity index (χ1v) is 4.46. The minimum absolute atomic E-state index is 0.287. The van der Waals surface area contributed by atoms with E-state index in [4.69, 9.17) is 5.73 Å². The van der Waals surface area contributed by atoms with Crippen LogP contribution in [0.15, 0.2) is 18.2 Å². The zero-order valence-corrected chi connectivity index (χ0v) is 7.40. The van der Waals surface area contributed by atoms with Gasteiger partial charge in [0, 0.05) is 5.56 Å².